The van der Waals surface area contributed by atoms with Crippen molar-refractivity contribution in [3.63, 3.8) is 0 Å². The molecule has 2 atom stereocenters. The number of carbonyl (C=O) groups excluding carboxylic acids is 1. The lowest BCUT2D eigenvalue weighted by Crippen LogP contribution is -2.46. The van der Waals surface area contributed by atoms with Crippen molar-refractivity contribution in [1.82, 2.24) is 5.32 Å². The molecule has 20 heavy (non-hydrogen) atoms. The average Bonchev–Trinajstić information content (AvgIpc) is 2.34. The van der Waals surface area contributed by atoms with Crippen LogP contribution in [0.5, 0.6) is 0 Å². The SMILES string of the molecule is CC[C@H](Nc1ccccc1)[C@H](C)NC(=O)OC(C)(C)C. The Morgan fingerprint density at radius 2 is 1.85 bits per heavy atom. The maximum Gasteiger partial charge on any atom is 0.407 e. The second-order valence-corrected chi connectivity index (χ2v) is 5.96. The molecular formula is C16H26N2O2. The van der Waals surface area contributed by atoms with Crippen molar-refractivity contribution < 1.29 is 9.53 Å². The van der Waals surface area contributed by atoms with Gasteiger partial charge in [-0.2, -0.15) is 0 Å². The van der Waals surface area contributed by atoms with E-state index in [9.17, 15) is 4.79 Å². The summed E-state index contributed by atoms with van der Waals surface area (Å²) in [6, 6.07) is 10.1. The van der Waals surface area contributed by atoms with E-state index in [0.717, 1.165) is 12.1 Å². The van der Waals surface area contributed by atoms with Gasteiger partial charge in [0.05, 0.1) is 0 Å². The van der Waals surface area contributed by atoms with Gasteiger partial charge in [0.2, 0.25) is 0 Å². The van der Waals surface area contributed by atoms with Gasteiger partial charge in [0.15, 0.2) is 0 Å². The molecular weight excluding hydrogens is 252 g/mol. The number of hydrogen-bond donors (Lipinski definition) is 2. The van der Waals surface area contributed by atoms with E-state index in [1.165, 1.54) is 0 Å². The van der Waals surface area contributed by atoms with Crippen molar-refractivity contribution in [2.45, 2.75) is 58.7 Å². The number of amides is 1. The van der Waals surface area contributed by atoms with Crippen molar-refractivity contribution >= 4 is 11.8 Å². The molecule has 0 unspecified atom stereocenters. The standard InChI is InChI=1S/C16H26N2O2/c1-6-14(18-13-10-8-7-9-11-13)12(2)17-15(19)20-16(3,4)5/h7-12,14,18H,6H2,1-5H3,(H,17,19)/t12-,14-/m0/s1. The van der Waals surface area contributed by atoms with Crippen LogP contribution in [0.3, 0.4) is 0 Å². The van der Waals surface area contributed by atoms with Gasteiger partial charge < -0.3 is 15.4 Å². The van der Waals surface area contributed by atoms with E-state index in [2.05, 4.69) is 17.6 Å². The molecule has 1 aromatic rings. The van der Waals surface area contributed by atoms with Crippen LogP contribution in [0.4, 0.5) is 10.5 Å². The number of carbonyl (C=O) groups is 1. The van der Waals surface area contributed by atoms with Crippen LogP contribution in [0.25, 0.3) is 0 Å². The second-order valence-electron chi connectivity index (χ2n) is 5.96. The van der Waals surface area contributed by atoms with Gasteiger partial charge in [0, 0.05) is 17.8 Å². The van der Waals surface area contributed by atoms with Crippen LogP contribution in [0.15, 0.2) is 30.3 Å². The molecule has 0 heterocycles. The number of para-hydroxylation sites is 1. The molecule has 2 N–H and O–H groups in total. The smallest absolute Gasteiger partial charge is 0.407 e. The normalized spacial score (nSPS) is 14.2. The number of nitrogens with one attached hydrogen (secondary N) is 2. The lowest BCUT2D eigenvalue weighted by molar-refractivity contribution is 0.0503. The Hall–Kier alpha value is -1.71. The molecule has 0 radical (unpaired) electrons. The van der Waals surface area contributed by atoms with Crippen LogP contribution < -0.4 is 10.6 Å². The number of benzene rings is 1. The van der Waals surface area contributed by atoms with Crippen LogP contribution in [0, 0.1) is 0 Å². The van der Waals surface area contributed by atoms with E-state index in [4.69, 9.17) is 4.74 Å². The number of rotatable bonds is 5. The third-order valence-electron chi connectivity index (χ3n) is 2.91. The number of anilines is 1. The van der Waals surface area contributed by atoms with Crippen LogP contribution in [-0.2, 0) is 4.74 Å². The summed E-state index contributed by atoms with van der Waals surface area (Å²) in [4.78, 5) is 11.8. The molecule has 0 fully saturated rings. The Kier molecular flexibility index (Phi) is 5.86. The quantitative estimate of drug-likeness (QED) is 0.861. The lowest BCUT2D eigenvalue weighted by atomic mass is 10.1. The summed E-state index contributed by atoms with van der Waals surface area (Å²) in [5.74, 6) is 0. The van der Waals surface area contributed by atoms with Crippen LogP contribution >= 0.6 is 0 Å². The average molecular weight is 278 g/mol. The van der Waals surface area contributed by atoms with Crippen molar-refractivity contribution in [2.75, 3.05) is 5.32 Å². The fourth-order valence-electron chi connectivity index (χ4n) is 1.92. The maximum absolute atomic E-state index is 11.8. The zero-order chi connectivity index (χ0) is 15.2. The van der Waals surface area contributed by atoms with Gasteiger partial charge >= 0.3 is 6.09 Å². The van der Waals surface area contributed by atoms with Crippen LogP contribution in [0.2, 0.25) is 0 Å². The van der Waals surface area contributed by atoms with E-state index >= 15 is 0 Å². The van der Waals surface area contributed by atoms with Gasteiger partial charge in [0.25, 0.3) is 0 Å². The molecule has 4 heteroatoms. The van der Waals surface area contributed by atoms with E-state index < -0.39 is 5.60 Å². The predicted octanol–water partition coefficient (Wildman–Crippen LogP) is 3.79. The van der Waals surface area contributed by atoms with Gasteiger partial charge in [-0.1, -0.05) is 25.1 Å². The molecule has 0 bridgehead atoms. The van der Waals surface area contributed by atoms with E-state index in [1.807, 2.05) is 58.0 Å². The topological polar surface area (TPSA) is 50.4 Å². The molecule has 0 aliphatic rings. The first-order chi connectivity index (χ1) is 9.31. The van der Waals surface area contributed by atoms with Crippen molar-refractivity contribution in [3.05, 3.63) is 30.3 Å². The summed E-state index contributed by atoms with van der Waals surface area (Å²) in [6.45, 7) is 9.65. The third-order valence-corrected chi connectivity index (χ3v) is 2.91. The Bertz CT molecular complexity index is 412. The number of alkyl carbamates (subject to hydrolysis) is 1. The highest BCUT2D eigenvalue weighted by Gasteiger charge is 2.21. The van der Waals surface area contributed by atoms with Crippen molar-refractivity contribution in [3.8, 4) is 0 Å². The van der Waals surface area contributed by atoms with Gasteiger partial charge in [-0.3, -0.25) is 0 Å². The minimum absolute atomic E-state index is 0.0185. The Balaban J connectivity index is 2.55. The monoisotopic (exact) mass is 278 g/mol. The predicted molar refractivity (Wildman–Crippen MR) is 83.0 cm³/mol. The second kappa shape index (κ2) is 7.17. The first kappa shape index (κ1) is 16.3. The Labute approximate surface area is 121 Å². The zero-order valence-electron chi connectivity index (χ0n) is 13.1. The molecule has 0 aliphatic carbocycles. The van der Waals surface area contributed by atoms with Crippen molar-refractivity contribution in [1.29, 1.82) is 0 Å². The molecule has 1 amide bonds. The van der Waals surface area contributed by atoms with Crippen molar-refractivity contribution in [2.24, 2.45) is 0 Å². The molecule has 0 saturated heterocycles. The largest absolute Gasteiger partial charge is 0.444 e. The lowest BCUT2D eigenvalue weighted by Gasteiger charge is -2.27. The summed E-state index contributed by atoms with van der Waals surface area (Å²) in [6.07, 6.45) is 0.532. The highest BCUT2D eigenvalue weighted by atomic mass is 16.6. The number of ether oxygens (including phenoxy) is 1. The molecule has 1 rings (SSSR count). The molecule has 0 saturated carbocycles. The Morgan fingerprint density at radius 3 is 2.35 bits per heavy atom. The third kappa shape index (κ3) is 5.95. The van der Waals surface area contributed by atoms with Gasteiger partial charge in [-0.15, -0.1) is 0 Å². The summed E-state index contributed by atoms with van der Waals surface area (Å²) < 4.78 is 5.28. The first-order valence-corrected chi connectivity index (χ1v) is 7.13. The van der Waals surface area contributed by atoms with E-state index in [1.54, 1.807) is 0 Å². The molecule has 112 valence electrons. The summed E-state index contributed by atoms with van der Waals surface area (Å²) in [5, 5.41) is 6.31. The molecule has 1 aromatic carbocycles. The highest BCUT2D eigenvalue weighted by Crippen LogP contribution is 2.12. The minimum Gasteiger partial charge on any atom is -0.444 e. The number of hydrogen-bond acceptors (Lipinski definition) is 3. The van der Waals surface area contributed by atoms with Crippen LogP contribution in [0.1, 0.15) is 41.0 Å². The van der Waals surface area contributed by atoms with Gasteiger partial charge in [-0.05, 0) is 46.2 Å². The Morgan fingerprint density at radius 1 is 1.25 bits per heavy atom. The van der Waals surface area contributed by atoms with Gasteiger partial charge in [0.1, 0.15) is 5.60 Å². The zero-order valence-corrected chi connectivity index (χ0v) is 13.1. The minimum atomic E-state index is -0.474. The molecule has 0 aromatic heterocycles. The summed E-state index contributed by atoms with van der Waals surface area (Å²) >= 11 is 0. The fourth-order valence-corrected chi connectivity index (χ4v) is 1.92. The molecule has 0 aliphatic heterocycles. The van der Waals surface area contributed by atoms with Gasteiger partial charge in [-0.25, -0.2) is 4.79 Å². The van der Waals surface area contributed by atoms with E-state index in [0.29, 0.717) is 0 Å². The fraction of sp³-hybridized carbons (Fsp3) is 0.562. The first-order valence-electron chi connectivity index (χ1n) is 7.13. The van der Waals surface area contributed by atoms with E-state index in [-0.39, 0.29) is 18.2 Å². The summed E-state index contributed by atoms with van der Waals surface area (Å²) in [5.41, 5.74) is 0.579. The van der Waals surface area contributed by atoms with Crippen LogP contribution in [-0.4, -0.2) is 23.8 Å². The highest BCUT2D eigenvalue weighted by molar-refractivity contribution is 5.68. The molecule has 0 spiro atoms. The molecule has 4 nitrogen and oxygen atoms in total. The maximum atomic E-state index is 11.8. The summed E-state index contributed by atoms with van der Waals surface area (Å²) in [7, 11) is 0.